The van der Waals surface area contributed by atoms with Crippen molar-refractivity contribution in [2.75, 3.05) is 13.1 Å². The van der Waals surface area contributed by atoms with E-state index in [1.54, 1.807) is 9.47 Å². The second-order valence-corrected chi connectivity index (χ2v) is 6.80. The first kappa shape index (κ1) is 19.2. The van der Waals surface area contributed by atoms with Gasteiger partial charge in [0.1, 0.15) is 18.2 Å². The summed E-state index contributed by atoms with van der Waals surface area (Å²) in [4.78, 5) is 26.5. The third-order valence-electron chi connectivity index (χ3n) is 5.01. The van der Waals surface area contributed by atoms with Crippen LogP contribution in [-0.4, -0.2) is 49.6 Å². The SMILES string of the molecule is Cn1c(CO)nnc1[C@@H]1CCCN(C(=O)CCC(=O)c2ccc(F)cc2)C1. The lowest BCUT2D eigenvalue weighted by Crippen LogP contribution is -2.39. The number of likely N-dealkylation sites (tertiary alicyclic amines) is 1. The van der Waals surface area contributed by atoms with Gasteiger partial charge >= 0.3 is 0 Å². The topological polar surface area (TPSA) is 88.3 Å². The van der Waals surface area contributed by atoms with Crippen molar-refractivity contribution in [3.05, 3.63) is 47.3 Å². The third-order valence-corrected chi connectivity index (χ3v) is 5.01. The number of benzene rings is 1. The Bertz CT molecular complexity index is 819. The molecule has 1 aromatic heterocycles. The Morgan fingerprint density at radius 3 is 2.63 bits per heavy atom. The average molecular weight is 374 g/mol. The molecule has 1 N–H and O–H groups in total. The summed E-state index contributed by atoms with van der Waals surface area (Å²) in [5, 5.41) is 17.4. The van der Waals surface area contributed by atoms with Crippen LogP contribution in [0.15, 0.2) is 24.3 Å². The zero-order chi connectivity index (χ0) is 19.4. The van der Waals surface area contributed by atoms with Gasteiger partial charge in [-0.3, -0.25) is 9.59 Å². The Balaban J connectivity index is 1.57. The summed E-state index contributed by atoms with van der Waals surface area (Å²) in [6.45, 7) is 1.01. The number of aliphatic hydroxyl groups excluding tert-OH is 1. The van der Waals surface area contributed by atoms with Crippen LogP contribution < -0.4 is 0 Å². The van der Waals surface area contributed by atoms with Crippen molar-refractivity contribution in [3.8, 4) is 0 Å². The minimum Gasteiger partial charge on any atom is -0.388 e. The number of hydrogen-bond acceptors (Lipinski definition) is 5. The second kappa shape index (κ2) is 8.39. The Hall–Kier alpha value is -2.61. The number of carbonyl (C=O) groups excluding carboxylic acids is 2. The van der Waals surface area contributed by atoms with Gasteiger partial charge in [0.15, 0.2) is 11.6 Å². The van der Waals surface area contributed by atoms with Gasteiger partial charge in [0, 0.05) is 44.5 Å². The summed E-state index contributed by atoms with van der Waals surface area (Å²) in [5.74, 6) is 0.693. The maximum atomic E-state index is 12.9. The Kier molecular flexibility index (Phi) is 5.95. The number of hydrogen-bond donors (Lipinski definition) is 1. The van der Waals surface area contributed by atoms with Crippen molar-refractivity contribution >= 4 is 11.7 Å². The van der Waals surface area contributed by atoms with Gasteiger partial charge in [0.2, 0.25) is 5.91 Å². The molecule has 2 aromatic rings. The molecule has 1 saturated heterocycles. The molecule has 1 aromatic carbocycles. The van der Waals surface area contributed by atoms with Crippen molar-refractivity contribution in [3.63, 3.8) is 0 Å². The predicted molar refractivity (Wildman–Crippen MR) is 95.4 cm³/mol. The first-order chi connectivity index (χ1) is 13.0. The lowest BCUT2D eigenvalue weighted by atomic mass is 9.96. The first-order valence-electron chi connectivity index (χ1n) is 9.05. The van der Waals surface area contributed by atoms with Gasteiger partial charge in [-0.1, -0.05) is 0 Å². The number of rotatable bonds is 6. The first-order valence-corrected chi connectivity index (χ1v) is 9.05. The Morgan fingerprint density at radius 2 is 1.96 bits per heavy atom. The van der Waals surface area contributed by atoms with Crippen molar-refractivity contribution in [1.82, 2.24) is 19.7 Å². The van der Waals surface area contributed by atoms with Gasteiger partial charge in [-0.2, -0.15) is 0 Å². The molecule has 1 amide bonds. The van der Waals surface area contributed by atoms with E-state index in [1.165, 1.54) is 24.3 Å². The van der Waals surface area contributed by atoms with Crippen molar-refractivity contribution in [1.29, 1.82) is 0 Å². The molecular formula is C19H23FN4O3. The molecule has 1 fully saturated rings. The van der Waals surface area contributed by atoms with E-state index < -0.39 is 5.82 Å². The van der Waals surface area contributed by atoms with Gasteiger partial charge in [-0.15, -0.1) is 10.2 Å². The maximum absolute atomic E-state index is 12.9. The summed E-state index contributed by atoms with van der Waals surface area (Å²) >= 11 is 0. The molecule has 0 radical (unpaired) electrons. The van der Waals surface area contributed by atoms with E-state index in [0.29, 0.717) is 24.5 Å². The normalized spacial score (nSPS) is 17.1. The summed E-state index contributed by atoms with van der Waals surface area (Å²) in [7, 11) is 1.81. The van der Waals surface area contributed by atoms with E-state index in [-0.39, 0.29) is 37.1 Å². The molecule has 0 spiro atoms. The summed E-state index contributed by atoms with van der Waals surface area (Å²) in [5.41, 5.74) is 0.413. The quantitative estimate of drug-likeness (QED) is 0.779. The van der Waals surface area contributed by atoms with Crippen LogP contribution in [-0.2, 0) is 18.4 Å². The Morgan fingerprint density at radius 1 is 1.22 bits per heavy atom. The fourth-order valence-corrected chi connectivity index (χ4v) is 3.44. The molecule has 0 bridgehead atoms. The fraction of sp³-hybridized carbons (Fsp3) is 0.474. The van der Waals surface area contributed by atoms with Crippen LogP contribution in [0.5, 0.6) is 0 Å². The van der Waals surface area contributed by atoms with Gasteiger partial charge < -0.3 is 14.6 Å². The molecule has 1 aliphatic rings. The van der Waals surface area contributed by atoms with Crippen LogP contribution in [0.3, 0.4) is 0 Å². The summed E-state index contributed by atoms with van der Waals surface area (Å²) in [6.07, 6.45) is 1.98. The Labute approximate surface area is 156 Å². The number of ketones is 1. The molecule has 2 heterocycles. The number of Topliss-reactive ketones (excluding diaryl/α,β-unsaturated/α-hetero) is 1. The minimum atomic E-state index is -0.393. The van der Waals surface area contributed by atoms with Crippen LogP contribution in [0, 0.1) is 5.82 Å². The van der Waals surface area contributed by atoms with Gasteiger partial charge in [0.05, 0.1) is 0 Å². The fourth-order valence-electron chi connectivity index (χ4n) is 3.44. The van der Waals surface area contributed by atoms with E-state index in [9.17, 15) is 19.1 Å². The zero-order valence-corrected chi connectivity index (χ0v) is 15.3. The summed E-state index contributed by atoms with van der Waals surface area (Å²) < 4.78 is 14.7. The average Bonchev–Trinajstić information content (AvgIpc) is 3.07. The number of amides is 1. The van der Waals surface area contributed by atoms with Gasteiger partial charge in [-0.25, -0.2) is 4.39 Å². The molecule has 0 aliphatic carbocycles. The number of nitrogens with zero attached hydrogens (tertiary/aromatic N) is 4. The minimum absolute atomic E-state index is 0.0632. The third kappa shape index (κ3) is 4.39. The number of carbonyl (C=O) groups is 2. The van der Waals surface area contributed by atoms with E-state index in [0.717, 1.165) is 18.7 Å². The van der Waals surface area contributed by atoms with Crippen molar-refractivity contribution < 1.29 is 19.1 Å². The van der Waals surface area contributed by atoms with Gasteiger partial charge in [-0.05, 0) is 37.1 Å². The van der Waals surface area contributed by atoms with E-state index in [1.807, 2.05) is 7.05 Å². The van der Waals surface area contributed by atoms with E-state index >= 15 is 0 Å². The molecular weight excluding hydrogens is 351 g/mol. The number of aromatic nitrogens is 3. The lowest BCUT2D eigenvalue weighted by Gasteiger charge is -2.32. The molecule has 27 heavy (non-hydrogen) atoms. The van der Waals surface area contributed by atoms with Crippen molar-refractivity contribution in [2.45, 2.75) is 38.2 Å². The highest BCUT2D eigenvalue weighted by atomic mass is 19.1. The molecule has 1 atom stereocenters. The maximum Gasteiger partial charge on any atom is 0.223 e. The lowest BCUT2D eigenvalue weighted by molar-refractivity contribution is -0.132. The number of piperidine rings is 1. The van der Waals surface area contributed by atoms with Crippen LogP contribution in [0.2, 0.25) is 0 Å². The standard InChI is InChI=1S/C19H23FN4O3/c1-23-17(12-25)21-22-19(23)14-3-2-10-24(11-14)18(27)9-8-16(26)13-4-6-15(20)7-5-13/h4-7,14,25H,2-3,8-12H2,1H3/t14-/m1/s1. The molecule has 0 unspecified atom stereocenters. The monoisotopic (exact) mass is 374 g/mol. The molecule has 3 rings (SSSR count). The van der Waals surface area contributed by atoms with Crippen molar-refractivity contribution in [2.24, 2.45) is 7.05 Å². The molecule has 7 nitrogen and oxygen atoms in total. The summed E-state index contributed by atoms with van der Waals surface area (Å²) in [6, 6.07) is 5.36. The molecule has 144 valence electrons. The van der Waals surface area contributed by atoms with Gasteiger partial charge in [0.25, 0.3) is 0 Å². The highest BCUT2D eigenvalue weighted by Gasteiger charge is 2.28. The molecule has 8 heteroatoms. The van der Waals surface area contributed by atoms with Crippen LogP contribution in [0.1, 0.15) is 53.6 Å². The zero-order valence-electron chi connectivity index (χ0n) is 15.3. The number of halogens is 1. The smallest absolute Gasteiger partial charge is 0.223 e. The highest BCUT2D eigenvalue weighted by molar-refractivity contribution is 5.97. The second-order valence-electron chi connectivity index (χ2n) is 6.80. The number of aliphatic hydroxyl groups is 1. The largest absolute Gasteiger partial charge is 0.388 e. The highest BCUT2D eigenvalue weighted by Crippen LogP contribution is 2.26. The van der Waals surface area contributed by atoms with E-state index in [4.69, 9.17) is 0 Å². The van der Waals surface area contributed by atoms with Crippen LogP contribution >= 0.6 is 0 Å². The molecule has 1 aliphatic heterocycles. The predicted octanol–water partition coefficient (Wildman–Crippen LogP) is 1.82. The molecule has 0 saturated carbocycles. The van der Waals surface area contributed by atoms with Crippen LogP contribution in [0.25, 0.3) is 0 Å². The van der Waals surface area contributed by atoms with Crippen LogP contribution in [0.4, 0.5) is 4.39 Å². The van der Waals surface area contributed by atoms with E-state index in [2.05, 4.69) is 10.2 Å².